The minimum atomic E-state index is -0.211. The van der Waals surface area contributed by atoms with Gasteiger partial charge in [-0.05, 0) is 24.6 Å². The topological polar surface area (TPSA) is 74.0 Å². The Labute approximate surface area is 150 Å². The molecule has 0 aliphatic rings. The summed E-state index contributed by atoms with van der Waals surface area (Å²) in [7, 11) is 0. The molecule has 3 aromatic rings. The Morgan fingerprint density at radius 2 is 2.04 bits per heavy atom. The Morgan fingerprint density at radius 3 is 2.80 bits per heavy atom. The van der Waals surface area contributed by atoms with Gasteiger partial charge in [-0.2, -0.15) is 10.2 Å². The van der Waals surface area contributed by atoms with Gasteiger partial charge in [-0.3, -0.25) is 9.48 Å². The Bertz CT molecular complexity index is 815. The summed E-state index contributed by atoms with van der Waals surface area (Å²) in [5.41, 5.74) is 0.360. The summed E-state index contributed by atoms with van der Waals surface area (Å²) in [4.78, 5) is 12.1. The lowest BCUT2D eigenvalue weighted by Crippen LogP contribution is -2.26. The first-order valence-corrected chi connectivity index (χ1v) is 8.26. The molecule has 0 saturated carbocycles. The van der Waals surface area contributed by atoms with E-state index < -0.39 is 0 Å². The van der Waals surface area contributed by atoms with Crippen molar-refractivity contribution in [2.45, 2.75) is 19.7 Å². The van der Waals surface area contributed by atoms with E-state index in [1.54, 1.807) is 34.0 Å². The molecule has 0 radical (unpaired) electrons. The molecule has 130 valence electrons. The van der Waals surface area contributed by atoms with E-state index in [1.165, 1.54) is 0 Å². The molecule has 8 heteroatoms. The molecule has 3 rings (SSSR count). The number of halogens is 1. The molecule has 2 heterocycles. The predicted molar refractivity (Wildman–Crippen MR) is 93.5 cm³/mol. The van der Waals surface area contributed by atoms with Crippen molar-refractivity contribution in [3.63, 3.8) is 0 Å². The molecule has 0 atom stereocenters. The largest absolute Gasteiger partial charge is 0.471 e. The third-order valence-electron chi connectivity index (χ3n) is 3.43. The zero-order valence-electron chi connectivity index (χ0n) is 13.5. The molecule has 1 aromatic carbocycles. The first-order chi connectivity index (χ1) is 12.2. The van der Waals surface area contributed by atoms with Gasteiger partial charge in [0, 0.05) is 25.5 Å². The number of carbonyl (C=O) groups excluding carboxylic acids is 1. The van der Waals surface area contributed by atoms with Gasteiger partial charge in [-0.1, -0.05) is 29.8 Å². The molecule has 2 aromatic heterocycles. The van der Waals surface area contributed by atoms with Crippen LogP contribution in [-0.4, -0.2) is 32.0 Å². The number of nitrogens with zero attached hydrogens (tertiary/aromatic N) is 4. The molecule has 1 N–H and O–H groups in total. The van der Waals surface area contributed by atoms with Crippen molar-refractivity contribution < 1.29 is 9.53 Å². The molecule has 0 bridgehead atoms. The van der Waals surface area contributed by atoms with E-state index in [1.807, 2.05) is 30.3 Å². The van der Waals surface area contributed by atoms with Crippen molar-refractivity contribution in [3.8, 4) is 5.75 Å². The number of nitrogens with one attached hydrogen (secondary N) is 1. The molecule has 0 aliphatic heterocycles. The maximum Gasteiger partial charge on any atom is 0.271 e. The van der Waals surface area contributed by atoms with Gasteiger partial charge >= 0.3 is 0 Å². The van der Waals surface area contributed by atoms with E-state index in [9.17, 15) is 4.79 Å². The third-order valence-corrected chi connectivity index (χ3v) is 3.63. The fraction of sp³-hybridized carbons (Fsp3) is 0.235. The molecular weight excluding hydrogens is 342 g/mol. The molecule has 0 saturated heterocycles. The van der Waals surface area contributed by atoms with Crippen LogP contribution in [0.2, 0.25) is 5.02 Å². The van der Waals surface area contributed by atoms with E-state index in [2.05, 4.69) is 15.5 Å². The summed E-state index contributed by atoms with van der Waals surface area (Å²) in [6.07, 6.45) is 5.80. The predicted octanol–water partition coefficient (Wildman–Crippen LogP) is 2.59. The number of aromatic nitrogens is 4. The van der Waals surface area contributed by atoms with Gasteiger partial charge in [0.25, 0.3) is 5.91 Å². The molecule has 0 spiro atoms. The van der Waals surface area contributed by atoms with E-state index in [4.69, 9.17) is 16.3 Å². The van der Waals surface area contributed by atoms with Crippen LogP contribution in [0.25, 0.3) is 0 Å². The number of amides is 1. The highest BCUT2D eigenvalue weighted by atomic mass is 35.5. The molecule has 25 heavy (non-hydrogen) atoms. The van der Waals surface area contributed by atoms with E-state index in [0.29, 0.717) is 23.8 Å². The van der Waals surface area contributed by atoms with Gasteiger partial charge in [0.05, 0.1) is 11.2 Å². The van der Waals surface area contributed by atoms with Gasteiger partial charge in [-0.15, -0.1) is 0 Å². The van der Waals surface area contributed by atoms with Gasteiger partial charge < -0.3 is 10.1 Å². The smallest absolute Gasteiger partial charge is 0.271 e. The second-order valence-corrected chi connectivity index (χ2v) is 5.79. The lowest BCUT2D eigenvalue weighted by atomic mass is 10.3. The van der Waals surface area contributed by atoms with Gasteiger partial charge in [0.2, 0.25) is 0 Å². The number of para-hydroxylation sites is 1. The molecule has 1 amide bonds. The maximum absolute atomic E-state index is 12.1. The van der Waals surface area contributed by atoms with Crippen molar-refractivity contribution >= 4 is 17.5 Å². The monoisotopic (exact) mass is 359 g/mol. The highest BCUT2D eigenvalue weighted by Gasteiger charge is 2.09. The first kappa shape index (κ1) is 17.0. The van der Waals surface area contributed by atoms with Crippen LogP contribution in [0.3, 0.4) is 0 Å². The normalized spacial score (nSPS) is 10.6. The number of aryl methyl sites for hydroxylation is 1. The second kappa shape index (κ2) is 8.34. The standard InChI is InChI=1S/C17H18ClN5O2/c18-14-11-20-22(12-14)9-4-8-19-17(24)16-7-10-23(21-16)13-25-15-5-2-1-3-6-15/h1-3,5-7,10-12H,4,8-9,13H2,(H,19,24). The van der Waals surface area contributed by atoms with Crippen molar-refractivity contribution in [2.75, 3.05) is 6.54 Å². The summed E-state index contributed by atoms with van der Waals surface area (Å²) in [6.45, 7) is 1.47. The van der Waals surface area contributed by atoms with Gasteiger partial charge in [0.15, 0.2) is 6.73 Å². The Kier molecular flexibility index (Phi) is 5.69. The lowest BCUT2D eigenvalue weighted by Gasteiger charge is -2.06. The van der Waals surface area contributed by atoms with Crippen LogP contribution in [0, 0.1) is 0 Å². The number of benzene rings is 1. The molecule has 0 fully saturated rings. The number of hydrogen-bond donors (Lipinski definition) is 1. The van der Waals surface area contributed by atoms with Crippen molar-refractivity contribution in [1.29, 1.82) is 0 Å². The highest BCUT2D eigenvalue weighted by molar-refractivity contribution is 6.30. The summed E-state index contributed by atoms with van der Waals surface area (Å²) < 4.78 is 8.90. The van der Waals surface area contributed by atoms with Gasteiger partial charge in [-0.25, -0.2) is 4.68 Å². The van der Waals surface area contributed by atoms with Crippen LogP contribution in [-0.2, 0) is 13.3 Å². The first-order valence-electron chi connectivity index (χ1n) is 7.88. The summed E-state index contributed by atoms with van der Waals surface area (Å²) in [6, 6.07) is 11.1. The quantitative estimate of drug-likeness (QED) is 0.627. The molecule has 0 aliphatic carbocycles. The minimum absolute atomic E-state index is 0.211. The summed E-state index contributed by atoms with van der Waals surface area (Å²) >= 11 is 5.80. The molecule has 7 nitrogen and oxygen atoms in total. The van der Waals surface area contributed by atoms with E-state index >= 15 is 0 Å². The van der Waals surface area contributed by atoms with Crippen LogP contribution in [0.15, 0.2) is 55.0 Å². The van der Waals surface area contributed by atoms with Crippen LogP contribution in [0.4, 0.5) is 0 Å². The minimum Gasteiger partial charge on any atom is -0.471 e. The zero-order chi connectivity index (χ0) is 17.5. The highest BCUT2D eigenvalue weighted by Crippen LogP contribution is 2.09. The number of hydrogen-bond acceptors (Lipinski definition) is 4. The Balaban J connectivity index is 1.41. The van der Waals surface area contributed by atoms with Crippen molar-refractivity contribution in [1.82, 2.24) is 24.9 Å². The number of ether oxygens (including phenoxy) is 1. The van der Waals surface area contributed by atoms with Crippen molar-refractivity contribution in [2.24, 2.45) is 0 Å². The van der Waals surface area contributed by atoms with Gasteiger partial charge in [0.1, 0.15) is 11.4 Å². The molecule has 0 unspecified atom stereocenters. The maximum atomic E-state index is 12.1. The van der Waals surface area contributed by atoms with Crippen LogP contribution in [0.1, 0.15) is 16.9 Å². The number of carbonyl (C=O) groups is 1. The third kappa shape index (κ3) is 5.09. The second-order valence-electron chi connectivity index (χ2n) is 5.36. The lowest BCUT2D eigenvalue weighted by molar-refractivity contribution is 0.0945. The summed E-state index contributed by atoms with van der Waals surface area (Å²) in [5, 5.41) is 11.7. The fourth-order valence-electron chi connectivity index (χ4n) is 2.21. The SMILES string of the molecule is O=C(NCCCn1cc(Cl)cn1)c1ccn(COc2ccccc2)n1. The Morgan fingerprint density at radius 1 is 1.20 bits per heavy atom. The average molecular weight is 360 g/mol. The Hall–Kier alpha value is -2.80. The van der Waals surface area contributed by atoms with Crippen molar-refractivity contribution in [3.05, 3.63) is 65.7 Å². The van der Waals surface area contributed by atoms with Crippen LogP contribution >= 0.6 is 11.6 Å². The fourth-order valence-corrected chi connectivity index (χ4v) is 2.36. The van der Waals surface area contributed by atoms with E-state index in [-0.39, 0.29) is 12.6 Å². The number of rotatable bonds is 8. The average Bonchev–Trinajstić information content (AvgIpc) is 3.27. The molecular formula is C17H18ClN5O2. The summed E-state index contributed by atoms with van der Waals surface area (Å²) in [5.74, 6) is 0.541. The van der Waals surface area contributed by atoms with Crippen LogP contribution < -0.4 is 10.1 Å². The van der Waals surface area contributed by atoms with E-state index in [0.717, 1.165) is 12.2 Å². The van der Waals surface area contributed by atoms with Crippen LogP contribution in [0.5, 0.6) is 5.75 Å². The zero-order valence-corrected chi connectivity index (χ0v) is 14.3.